The smallest absolute Gasteiger partial charge is 0.176 e. The third-order valence-corrected chi connectivity index (χ3v) is 4.55. The van der Waals surface area contributed by atoms with Crippen molar-refractivity contribution < 1.29 is 9.18 Å². The van der Waals surface area contributed by atoms with Crippen molar-refractivity contribution in [3.8, 4) is 0 Å². The Bertz CT molecular complexity index is 476. The van der Waals surface area contributed by atoms with Crippen LogP contribution >= 0.6 is 0 Å². The van der Waals surface area contributed by atoms with Gasteiger partial charge in [0.2, 0.25) is 0 Å². The summed E-state index contributed by atoms with van der Waals surface area (Å²) in [5.41, 5.74) is 0.604. The molecule has 21 heavy (non-hydrogen) atoms. The zero-order valence-corrected chi connectivity index (χ0v) is 12.4. The number of benzene rings is 1. The molecule has 0 spiro atoms. The highest BCUT2D eigenvalue weighted by Gasteiger charge is 2.24. The third kappa shape index (κ3) is 4.35. The van der Waals surface area contributed by atoms with Gasteiger partial charge < -0.3 is 4.90 Å². The second kappa shape index (κ2) is 6.67. The molecule has 0 bridgehead atoms. The van der Waals surface area contributed by atoms with Crippen LogP contribution in [0.2, 0.25) is 0 Å². The quantitative estimate of drug-likeness (QED) is 0.752. The van der Waals surface area contributed by atoms with Crippen LogP contribution in [0.4, 0.5) is 4.39 Å². The molecule has 1 saturated heterocycles. The molecule has 3 nitrogen and oxygen atoms in total. The molecule has 0 atom stereocenters. The summed E-state index contributed by atoms with van der Waals surface area (Å²) in [6.07, 6.45) is 4.19. The lowest BCUT2D eigenvalue weighted by molar-refractivity contribution is 0.0850. The first-order valence-corrected chi connectivity index (χ1v) is 7.94. The van der Waals surface area contributed by atoms with Crippen molar-refractivity contribution >= 4 is 5.78 Å². The van der Waals surface area contributed by atoms with Gasteiger partial charge in [0.15, 0.2) is 5.78 Å². The number of rotatable bonds is 6. The maximum Gasteiger partial charge on any atom is 0.176 e. The van der Waals surface area contributed by atoms with E-state index in [4.69, 9.17) is 0 Å². The van der Waals surface area contributed by atoms with E-state index in [1.165, 1.54) is 37.9 Å². The highest BCUT2D eigenvalue weighted by molar-refractivity contribution is 5.97. The van der Waals surface area contributed by atoms with E-state index in [-0.39, 0.29) is 11.6 Å². The summed E-state index contributed by atoms with van der Waals surface area (Å²) in [6.45, 7) is 5.69. The molecule has 0 N–H and O–H groups in total. The van der Waals surface area contributed by atoms with Crippen molar-refractivity contribution in [3.05, 3.63) is 35.6 Å². The predicted molar refractivity (Wildman–Crippen MR) is 81.0 cm³/mol. The molecule has 1 heterocycles. The van der Waals surface area contributed by atoms with Gasteiger partial charge in [0.1, 0.15) is 5.82 Å². The average molecular weight is 290 g/mol. The van der Waals surface area contributed by atoms with Crippen LogP contribution in [-0.4, -0.2) is 54.9 Å². The SMILES string of the molecule is O=C(CN1CCN(CCC2CC2)CC1)c1ccc(F)cc1. The number of halogens is 1. The first-order chi connectivity index (χ1) is 10.2. The molecule has 3 rings (SSSR count). The number of carbonyl (C=O) groups is 1. The molecule has 2 aliphatic rings. The van der Waals surface area contributed by atoms with Crippen molar-refractivity contribution in [2.75, 3.05) is 39.3 Å². The summed E-state index contributed by atoms with van der Waals surface area (Å²) in [6, 6.07) is 5.85. The van der Waals surface area contributed by atoms with Gasteiger partial charge in [0, 0.05) is 31.7 Å². The summed E-state index contributed by atoms with van der Waals surface area (Å²) < 4.78 is 12.9. The predicted octanol–water partition coefficient (Wildman–Crippen LogP) is 2.43. The number of Topliss-reactive ketones (excluding diaryl/α,β-unsaturated/α-hetero) is 1. The van der Waals surface area contributed by atoms with Gasteiger partial charge in [0.05, 0.1) is 6.54 Å². The molecule has 1 aromatic rings. The molecule has 1 aromatic carbocycles. The van der Waals surface area contributed by atoms with Crippen molar-refractivity contribution in [2.24, 2.45) is 5.92 Å². The molecule has 2 fully saturated rings. The van der Waals surface area contributed by atoms with Crippen LogP contribution < -0.4 is 0 Å². The minimum Gasteiger partial charge on any atom is -0.301 e. The Morgan fingerprint density at radius 1 is 1.05 bits per heavy atom. The molecule has 1 saturated carbocycles. The second-order valence-corrected chi connectivity index (χ2v) is 6.28. The largest absolute Gasteiger partial charge is 0.301 e. The van der Waals surface area contributed by atoms with Crippen molar-refractivity contribution in [2.45, 2.75) is 19.3 Å². The van der Waals surface area contributed by atoms with Crippen molar-refractivity contribution in [1.29, 1.82) is 0 Å². The van der Waals surface area contributed by atoms with Crippen LogP contribution in [0.1, 0.15) is 29.6 Å². The van der Waals surface area contributed by atoms with E-state index in [0.29, 0.717) is 12.1 Å². The lowest BCUT2D eigenvalue weighted by Gasteiger charge is -2.34. The lowest BCUT2D eigenvalue weighted by atomic mass is 10.1. The van der Waals surface area contributed by atoms with Gasteiger partial charge in [-0.25, -0.2) is 4.39 Å². The maximum atomic E-state index is 12.9. The van der Waals surface area contributed by atoms with E-state index >= 15 is 0 Å². The lowest BCUT2D eigenvalue weighted by Crippen LogP contribution is -2.48. The Hall–Kier alpha value is -1.26. The van der Waals surface area contributed by atoms with Crippen molar-refractivity contribution in [1.82, 2.24) is 9.80 Å². The van der Waals surface area contributed by atoms with Gasteiger partial charge in [0.25, 0.3) is 0 Å². The van der Waals surface area contributed by atoms with E-state index in [0.717, 1.165) is 32.1 Å². The van der Waals surface area contributed by atoms with Gasteiger partial charge in [-0.15, -0.1) is 0 Å². The van der Waals surface area contributed by atoms with Crippen LogP contribution in [0, 0.1) is 11.7 Å². The number of ketones is 1. The summed E-state index contributed by atoms with van der Waals surface area (Å²) >= 11 is 0. The number of nitrogens with zero attached hydrogens (tertiary/aromatic N) is 2. The first-order valence-electron chi connectivity index (χ1n) is 7.94. The normalized spacial score (nSPS) is 20.6. The molecular formula is C17H23FN2O. The second-order valence-electron chi connectivity index (χ2n) is 6.28. The fraction of sp³-hybridized carbons (Fsp3) is 0.588. The van der Waals surface area contributed by atoms with E-state index in [9.17, 15) is 9.18 Å². The Morgan fingerprint density at radius 3 is 2.29 bits per heavy atom. The van der Waals surface area contributed by atoms with E-state index < -0.39 is 0 Å². The number of piperazine rings is 1. The summed E-state index contributed by atoms with van der Waals surface area (Å²) in [5, 5.41) is 0. The fourth-order valence-corrected chi connectivity index (χ4v) is 2.87. The van der Waals surface area contributed by atoms with Crippen LogP contribution in [-0.2, 0) is 0 Å². The Balaban J connectivity index is 1.41. The summed E-state index contributed by atoms with van der Waals surface area (Å²) in [5.74, 6) is 0.778. The zero-order valence-electron chi connectivity index (χ0n) is 12.4. The van der Waals surface area contributed by atoms with Gasteiger partial charge in [-0.3, -0.25) is 9.69 Å². The molecule has 0 aromatic heterocycles. The minimum atomic E-state index is -0.296. The minimum absolute atomic E-state index is 0.0847. The highest BCUT2D eigenvalue weighted by atomic mass is 19.1. The average Bonchev–Trinajstić information content (AvgIpc) is 3.31. The number of hydrogen-bond acceptors (Lipinski definition) is 3. The Labute approximate surface area is 125 Å². The van der Waals surface area contributed by atoms with E-state index in [1.807, 2.05) is 0 Å². The molecule has 114 valence electrons. The van der Waals surface area contributed by atoms with Crippen LogP contribution in [0.25, 0.3) is 0 Å². The molecule has 0 amide bonds. The molecule has 1 aliphatic carbocycles. The van der Waals surface area contributed by atoms with Crippen LogP contribution in [0.15, 0.2) is 24.3 Å². The third-order valence-electron chi connectivity index (χ3n) is 4.55. The van der Waals surface area contributed by atoms with E-state index in [2.05, 4.69) is 9.80 Å². The Morgan fingerprint density at radius 2 is 1.67 bits per heavy atom. The van der Waals surface area contributed by atoms with Gasteiger partial charge in [-0.2, -0.15) is 0 Å². The standard InChI is InChI=1S/C17H23FN2O/c18-16-5-3-15(4-6-16)17(21)13-20-11-9-19(10-12-20)8-7-14-1-2-14/h3-6,14H,1-2,7-13H2. The molecular weight excluding hydrogens is 267 g/mol. The molecule has 0 radical (unpaired) electrons. The van der Waals surface area contributed by atoms with Gasteiger partial charge in [-0.05, 0) is 43.1 Å². The first kappa shape index (κ1) is 14.7. The maximum absolute atomic E-state index is 12.9. The molecule has 4 heteroatoms. The van der Waals surface area contributed by atoms with Crippen LogP contribution in [0.3, 0.4) is 0 Å². The molecule has 0 unspecified atom stereocenters. The highest BCUT2D eigenvalue weighted by Crippen LogP contribution is 2.32. The molecule has 1 aliphatic heterocycles. The summed E-state index contributed by atoms with van der Waals surface area (Å²) in [7, 11) is 0. The van der Waals surface area contributed by atoms with Gasteiger partial charge in [-0.1, -0.05) is 12.8 Å². The topological polar surface area (TPSA) is 23.6 Å². The fourth-order valence-electron chi connectivity index (χ4n) is 2.87. The monoisotopic (exact) mass is 290 g/mol. The van der Waals surface area contributed by atoms with Gasteiger partial charge >= 0.3 is 0 Å². The number of carbonyl (C=O) groups excluding carboxylic acids is 1. The number of hydrogen-bond donors (Lipinski definition) is 0. The zero-order chi connectivity index (χ0) is 14.7. The van der Waals surface area contributed by atoms with Crippen LogP contribution in [0.5, 0.6) is 0 Å². The summed E-state index contributed by atoms with van der Waals surface area (Å²) in [4.78, 5) is 16.9. The van der Waals surface area contributed by atoms with E-state index in [1.54, 1.807) is 12.1 Å². The Kier molecular flexibility index (Phi) is 4.66. The van der Waals surface area contributed by atoms with Crippen molar-refractivity contribution in [3.63, 3.8) is 0 Å².